The molecule has 4 fully saturated rings. The molecule has 2 aliphatic heterocycles. The second-order valence-electron chi connectivity index (χ2n) is 8.56. The molecular weight excluding hydrogens is 336 g/mol. The van der Waals surface area contributed by atoms with Gasteiger partial charge < -0.3 is 18.9 Å². The molecule has 0 bridgehead atoms. The van der Waals surface area contributed by atoms with E-state index in [1.54, 1.807) is 0 Å². The Morgan fingerprint density at radius 3 is 2.42 bits per heavy atom. The van der Waals surface area contributed by atoms with Gasteiger partial charge in [0.1, 0.15) is 0 Å². The van der Waals surface area contributed by atoms with Crippen LogP contribution in [0.1, 0.15) is 58.3 Å². The van der Waals surface area contributed by atoms with Crippen LogP contribution in [-0.2, 0) is 28.5 Å². The molecule has 2 heterocycles. The summed E-state index contributed by atoms with van der Waals surface area (Å²) in [4.78, 5) is 24.1. The average molecular weight is 366 g/mol. The van der Waals surface area contributed by atoms with Crippen molar-refractivity contribution in [2.24, 2.45) is 17.8 Å². The van der Waals surface area contributed by atoms with E-state index < -0.39 is 0 Å². The van der Waals surface area contributed by atoms with E-state index in [1.165, 1.54) is 0 Å². The maximum absolute atomic E-state index is 12.1. The van der Waals surface area contributed by atoms with Crippen LogP contribution in [0.2, 0.25) is 0 Å². The van der Waals surface area contributed by atoms with Gasteiger partial charge in [0, 0.05) is 6.42 Å². The Labute approximate surface area is 154 Å². The molecule has 146 valence electrons. The van der Waals surface area contributed by atoms with Gasteiger partial charge in [0.25, 0.3) is 0 Å². The van der Waals surface area contributed by atoms with Crippen molar-refractivity contribution in [3.05, 3.63) is 0 Å². The zero-order chi connectivity index (χ0) is 18.1. The quantitative estimate of drug-likeness (QED) is 0.485. The molecule has 26 heavy (non-hydrogen) atoms. The van der Waals surface area contributed by atoms with Crippen LogP contribution in [0.4, 0.5) is 0 Å². The number of hydrogen-bond donors (Lipinski definition) is 0. The highest BCUT2D eigenvalue weighted by Crippen LogP contribution is 2.40. The lowest BCUT2D eigenvalue weighted by atomic mass is 9.89. The lowest BCUT2D eigenvalue weighted by Crippen LogP contribution is -2.25. The zero-order valence-electron chi connectivity index (χ0n) is 15.6. The van der Waals surface area contributed by atoms with Crippen molar-refractivity contribution in [2.75, 3.05) is 13.2 Å². The van der Waals surface area contributed by atoms with Crippen LogP contribution in [-0.4, -0.2) is 49.6 Å². The summed E-state index contributed by atoms with van der Waals surface area (Å²) in [5.41, 5.74) is 0. The average Bonchev–Trinajstić information content (AvgIpc) is 3.52. The largest absolute Gasteiger partial charge is 0.465 e. The van der Waals surface area contributed by atoms with Crippen LogP contribution in [0.5, 0.6) is 0 Å². The molecule has 2 aliphatic carbocycles. The maximum atomic E-state index is 12.1. The van der Waals surface area contributed by atoms with Crippen molar-refractivity contribution in [3.63, 3.8) is 0 Å². The normalized spacial score (nSPS) is 38.5. The number of ether oxygens (including phenoxy) is 4. The number of carbonyl (C=O) groups is 2. The molecule has 0 spiro atoms. The number of carbonyl (C=O) groups excluding carboxylic acids is 2. The van der Waals surface area contributed by atoms with E-state index >= 15 is 0 Å². The highest BCUT2D eigenvalue weighted by molar-refractivity contribution is 5.72. The molecule has 2 saturated heterocycles. The molecule has 0 aromatic heterocycles. The van der Waals surface area contributed by atoms with Crippen molar-refractivity contribution in [3.8, 4) is 0 Å². The van der Waals surface area contributed by atoms with Crippen LogP contribution in [0.15, 0.2) is 0 Å². The second kappa shape index (κ2) is 7.85. The highest BCUT2D eigenvalue weighted by Gasteiger charge is 2.46. The fourth-order valence-corrected chi connectivity index (χ4v) is 4.39. The fraction of sp³-hybridized carbons (Fsp3) is 0.900. The van der Waals surface area contributed by atoms with E-state index in [2.05, 4.69) is 0 Å². The number of esters is 2. The first-order valence-corrected chi connectivity index (χ1v) is 10.2. The molecular formula is C20H30O6. The minimum Gasteiger partial charge on any atom is -0.465 e. The monoisotopic (exact) mass is 366 g/mol. The second-order valence-corrected chi connectivity index (χ2v) is 8.56. The molecule has 0 aromatic carbocycles. The van der Waals surface area contributed by atoms with E-state index in [0.29, 0.717) is 50.3 Å². The van der Waals surface area contributed by atoms with Crippen molar-refractivity contribution >= 4 is 11.9 Å². The van der Waals surface area contributed by atoms with Crippen LogP contribution in [0.25, 0.3) is 0 Å². The standard InChI is InChI=1S/C20H30O6/c1-12(6-7-23-20(22)14-3-5-16-18(10-14)26-16)8-19(21)24-11-13-2-4-15-17(9-13)25-15/h12-18H,2-11H2,1H3. The summed E-state index contributed by atoms with van der Waals surface area (Å²) in [6, 6.07) is 0. The van der Waals surface area contributed by atoms with Crippen molar-refractivity contribution in [1.29, 1.82) is 0 Å². The molecule has 6 nitrogen and oxygen atoms in total. The first-order valence-electron chi connectivity index (χ1n) is 10.2. The lowest BCUT2D eigenvalue weighted by Gasteiger charge is -2.19. The van der Waals surface area contributed by atoms with E-state index in [9.17, 15) is 9.59 Å². The van der Waals surface area contributed by atoms with Gasteiger partial charge in [0.15, 0.2) is 0 Å². The Morgan fingerprint density at radius 2 is 1.69 bits per heavy atom. The molecule has 7 unspecified atom stereocenters. The number of rotatable bonds is 8. The maximum Gasteiger partial charge on any atom is 0.309 e. The first kappa shape index (κ1) is 18.2. The van der Waals surface area contributed by atoms with E-state index in [-0.39, 0.29) is 29.9 Å². The van der Waals surface area contributed by atoms with Crippen molar-refractivity contribution < 1.29 is 28.5 Å². The van der Waals surface area contributed by atoms with Crippen molar-refractivity contribution in [2.45, 2.75) is 82.7 Å². The predicted octanol–water partition coefficient (Wildman–Crippen LogP) is 2.62. The molecule has 6 heteroatoms. The summed E-state index contributed by atoms with van der Waals surface area (Å²) in [7, 11) is 0. The SMILES string of the molecule is CC(CCOC(=O)C1CCC2OC2C1)CC(=O)OCC1CCC2OC2C1. The predicted molar refractivity (Wildman–Crippen MR) is 92.3 cm³/mol. The van der Waals surface area contributed by atoms with Gasteiger partial charge in [-0.1, -0.05) is 6.92 Å². The van der Waals surface area contributed by atoms with Crippen molar-refractivity contribution in [1.82, 2.24) is 0 Å². The zero-order valence-corrected chi connectivity index (χ0v) is 15.6. The summed E-state index contributed by atoms with van der Waals surface area (Å²) in [5.74, 6) is 0.341. The topological polar surface area (TPSA) is 77.7 Å². The first-order chi connectivity index (χ1) is 12.6. The van der Waals surface area contributed by atoms with Gasteiger partial charge in [0.05, 0.1) is 43.5 Å². The third-order valence-electron chi connectivity index (χ3n) is 6.30. The molecule has 0 N–H and O–H groups in total. The lowest BCUT2D eigenvalue weighted by molar-refractivity contribution is -0.150. The van der Waals surface area contributed by atoms with Crippen LogP contribution in [0.3, 0.4) is 0 Å². The van der Waals surface area contributed by atoms with E-state index in [0.717, 1.165) is 38.5 Å². The minimum atomic E-state index is -0.146. The van der Waals surface area contributed by atoms with Gasteiger partial charge in [-0.3, -0.25) is 9.59 Å². The van der Waals surface area contributed by atoms with Gasteiger partial charge in [0.2, 0.25) is 0 Å². The van der Waals surface area contributed by atoms with Gasteiger partial charge >= 0.3 is 11.9 Å². The Kier molecular flexibility index (Phi) is 5.50. The fourth-order valence-electron chi connectivity index (χ4n) is 4.39. The third-order valence-corrected chi connectivity index (χ3v) is 6.30. The number of epoxide rings is 2. The van der Waals surface area contributed by atoms with Gasteiger partial charge in [-0.25, -0.2) is 0 Å². The Balaban J connectivity index is 1.06. The molecule has 7 atom stereocenters. The van der Waals surface area contributed by atoms with Crippen LogP contribution in [0, 0.1) is 17.8 Å². The summed E-state index contributed by atoms with van der Waals surface area (Å²) in [5, 5.41) is 0. The molecule has 4 rings (SSSR count). The summed E-state index contributed by atoms with van der Waals surface area (Å²) in [6.07, 6.45) is 8.53. The summed E-state index contributed by atoms with van der Waals surface area (Å²) in [6.45, 7) is 2.89. The Hall–Kier alpha value is -1.14. The Morgan fingerprint density at radius 1 is 0.962 bits per heavy atom. The van der Waals surface area contributed by atoms with Crippen LogP contribution < -0.4 is 0 Å². The summed E-state index contributed by atoms with van der Waals surface area (Å²) >= 11 is 0. The smallest absolute Gasteiger partial charge is 0.309 e. The molecule has 0 amide bonds. The third kappa shape index (κ3) is 4.77. The molecule has 0 radical (unpaired) electrons. The van der Waals surface area contributed by atoms with E-state index in [4.69, 9.17) is 18.9 Å². The number of hydrogen-bond acceptors (Lipinski definition) is 6. The minimum absolute atomic E-state index is 0.00967. The molecule has 4 aliphatic rings. The molecule has 0 aromatic rings. The van der Waals surface area contributed by atoms with E-state index in [1.807, 2.05) is 6.92 Å². The van der Waals surface area contributed by atoms with Gasteiger partial charge in [-0.05, 0) is 56.8 Å². The van der Waals surface area contributed by atoms with Crippen LogP contribution >= 0.6 is 0 Å². The number of fused-ring (bicyclic) bond motifs is 2. The molecule has 2 saturated carbocycles. The highest BCUT2D eigenvalue weighted by atomic mass is 16.6. The van der Waals surface area contributed by atoms with Gasteiger partial charge in [-0.15, -0.1) is 0 Å². The van der Waals surface area contributed by atoms with Gasteiger partial charge in [-0.2, -0.15) is 0 Å². The summed E-state index contributed by atoms with van der Waals surface area (Å²) < 4.78 is 21.8. The Bertz CT molecular complexity index is 534.